The van der Waals surface area contributed by atoms with Crippen LogP contribution in [-0.4, -0.2) is 29.4 Å². The van der Waals surface area contributed by atoms with Crippen molar-refractivity contribution >= 4 is 29.5 Å². The molecule has 0 spiro atoms. The SMILES string of the molecule is C=Cc1ccccc1N(Cc1ccccc1CC)C(=O)CCNC(=O)CCCC(=O)O. The Morgan fingerprint density at radius 2 is 1.68 bits per heavy atom. The van der Waals surface area contributed by atoms with Crippen molar-refractivity contribution < 1.29 is 19.5 Å². The highest BCUT2D eigenvalue weighted by atomic mass is 16.4. The van der Waals surface area contributed by atoms with Gasteiger partial charge in [0.15, 0.2) is 0 Å². The molecule has 6 heteroatoms. The number of amides is 2. The third-order valence-corrected chi connectivity index (χ3v) is 5.03. The van der Waals surface area contributed by atoms with Crippen LogP contribution in [0, 0.1) is 0 Å². The minimum absolute atomic E-state index is 0.0463. The molecule has 0 saturated carbocycles. The van der Waals surface area contributed by atoms with Crippen molar-refractivity contribution in [1.29, 1.82) is 0 Å². The van der Waals surface area contributed by atoms with Gasteiger partial charge >= 0.3 is 5.97 Å². The number of rotatable bonds is 12. The second-order valence-electron chi connectivity index (χ2n) is 7.21. The Kier molecular flexibility index (Phi) is 9.49. The molecular formula is C25H30N2O4. The molecule has 2 N–H and O–H groups in total. The van der Waals surface area contributed by atoms with Crippen LogP contribution >= 0.6 is 0 Å². The molecule has 0 aliphatic heterocycles. The lowest BCUT2D eigenvalue weighted by Crippen LogP contribution is -2.35. The number of aryl methyl sites for hydroxylation is 1. The van der Waals surface area contributed by atoms with Gasteiger partial charge in [-0.05, 0) is 35.6 Å². The fourth-order valence-electron chi connectivity index (χ4n) is 3.37. The van der Waals surface area contributed by atoms with Gasteiger partial charge in [0, 0.05) is 25.8 Å². The summed E-state index contributed by atoms with van der Waals surface area (Å²) in [6.45, 7) is 6.58. The van der Waals surface area contributed by atoms with Crippen molar-refractivity contribution in [2.24, 2.45) is 0 Å². The number of carboxylic acid groups (broad SMARTS) is 1. The molecule has 31 heavy (non-hydrogen) atoms. The van der Waals surface area contributed by atoms with E-state index in [4.69, 9.17) is 5.11 Å². The molecule has 6 nitrogen and oxygen atoms in total. The number of nitrogens with zero attached hydrogens (tertiary/aromatic N) is 1. The summed E-state index contributed by atoms with van der Waals surface area (Å²) >= 11 is 0. The zero-order valence-electron chi connectivity index (χ0n) is 18.0. The predicted octanol–water partition coefficient (Wildman–Crippen LogP) is 4.19. The molecule has 0 bridgehead atoms. The molecule has 2 rings (SSSR count). The number of anilines is 1. The van der Waals surface area contributed by atoms with Gasteiger partial charge in [0.1, 0.15) is 0 Å². The number of carbonyl (C=O) groups excluding carboxylic acids is 2. The summed E-state index contributed by atoms with van der Waals surface area (Å²) in [7, 11) is 0. The molecule has 0 aliphatic rings. The van der Waals surface area contributed by atoms with Crippen LogP contribution in [0.15, 0.2) is 55.1 Å². The van der Waals surface area contributed by atoms with Gasteiger partial charge in [0.05, 0.1) is 12.2 Å². The van der Waals surface area contributed by atoms with Crippen LogP contribution in [0.3, 0.4) is 0 Å². The molecule has 2 amide bonds. The highest BCUT2D eigenvalue weighted by Gasteiger charge is 2.19. The third kappa shape index (κ3) is 7.41. The fraction of sp³-hybridized carbons (Fsp3) is 0.320. The number of hydrogen-bond donors (Lipinski definition) is 2. The zero-order valence-corrected chi connectivity index (χ0v) is 18.0. The van der Waals surface area contributed by atoms with E-state index >= 15 is 0 Å². The molecular weight excluding hydrogens is 392 g/mol. The summed E-state index contributed by atoms with van der Waals surface area (Å²) in [5.41, 5.74) is 3.90. The van der Waals surface area contributed by atoms with Crippen molar-refractivity contribution in [1.82, 2.24) is 5.32 Å². The molecule has 0 aromatic heterocycles. The minimum Gasteiger partial charge on any atom is -0.481 e. The van der Waals surface area contributed by atoms with E-state index in [2.05, 4.69) is 24.9 Å². The van der Waals surface area contributed by atoms with Crippen LogP contribution in [0.1, 0.15) is 49.3 Å². The summed E-state index contributed by atoms with van der Waals surface area (Å²) in [5, 5.41) is 11.4. The topological polar surface area (TPSA) is 86.7 Å². The van der Waals surface area contributed by atoms with Crippen LogP contribution in [0.5, 0.6) is 0 Å². The Balaban J connectivity index is 2.11. The van der Waals surface area contributed by atoms with E-state index in [0.717, 1.165) is 23.2 Å². The Hall–Kier alpha value is -3.41. The summed E-state index contributed by atoms with van der Waals surface area (Å²) in [5.74, 6) is -1.28. The van der Waals surface area contributed by atoms with Gasteiger partial charge < -0.3 is 15.3 Å². The monoisotopic (exact) mass is 422 g/mol. The molecule has 0 heterocycles. The molecule has 0 fully saturated rings. The standard InChI is InChI=1S/C25H30N2O4/c1-3-19-10-5-6-12-21(19)18-27(22-13-8-7-11-20(22)4-2)24(29)16-17-26-23(28)14-9-15-25(30)31/h4-8,10-13H,2-3,9,14-18H2,1H3,(H,26,28)(H,30,31). The normalized spacial score (nSPS) is 10.4. The lowest BCUT2D eigenvalue weighted by Gasteiger charge is -2.26. The van der Waals surface area contributed by atoms with Crippen molar-refractivity contribution in [3.8, 4) is 0 Å². The lowest BCUT2D eigenvalue weighted by atomic mass is 10.0. The number of carboxylic acids is 1. The van der Waals surface area contributed by atoms with Crippen molar-refractivity contribution in [3.05, 3.63) is 71.8 Å². The first-order valence-corrected chi connectivity index (χ1v) is 10.5. The molecule has 0 radical (unpaired) electrons. The van der Waals surface area contributed by atoms with Crippen LogP contribution in [0.25, 0.3) is 6.08 Å². The van der Waals surface area contributed by atoms with Gasteiger partial charge in [-0.1, -0.05) is 62.0 Å². The van der Waals surface area contributed by atoms with Crippen molar-refractivity contribution in [2.45, 2.75) is 45.6 Å². The highest BCUT2D eigenvalue weighted by Crippen LogP contribution is 2.25. The maximum Gasteiger partial charge on any atom is 0.303 e. The van der Waals surface area contributed by atoms with Gasteiger partial charge in [-0.15, -0.1) is 0 Å². The van der Waals surface area contributed by atoms with E-state index in [1.165, 1.54) is 5.56 Å². The second kappa shape index (κ2) is 12.3. The average Bonchev–Trinajstić information content (AvgIpc) is 2.77. The lowest BCUT2D eigenvalue weighted by molar-refractivity contribution is -0.137. The predicted molar refractivity (Wildman–Crippen MR) is 123 cm³/mol. The van der Waals surface area contributed by atoms with Gasteiger partial charge in [-0.2, -0.15) is 0 Å². The molecule has 164 valence electrons. The maximum absolute atomic E-state index is 13.2. The van der Waals surface area contributed by atoms with Gasteiger partial charge in [0.25, 0.3) is 0 Å². The van der Waals surface area contributed by atoms with Gasteiger partial charge in [-0.3, -0.25) is 14.4 Å². The summed E-state index contributed by atoms with van der Waals surface area (Å²) in [6.07, 6.45) is 3.11. The van der Waals surface area contributed by atoms with E-state index in [1.54, 1.807) is 11.0 Å². The second-order valence-corrected chi connectivity index (χ2v) is 7.21. The first-order chi connectivity index (χ1) is 15.0. The number of para-hydroxylation sites is 1. The van der Waals surface area contributed by atoms with Gasteiger partial charge in [0.2, 0.25) is 11.8 Å². The number of benzene rings is 2. The van der Waals surface area contributed by atoms with Gasteiger partial charge in [-0.25, -0.2) is 0 Å². The highest BCUT2D eigenvalue weighted by molar-refractivity contribution is 5.95. The molecule has 2 aromatic rings. The fourth-order valence-corrected chi connectivity index (χ4v) is 3.37. The van der Waals surface area contributed by atoms with E-state index in [9.17, 15) is 14.4 Å². The number of carbonyl (C=O) groups is 3. The molecule has 2 aromatic carbocycles. The van der Waals surface area contributed by atoms with Crippen LogP contribution in [0.4, 0.5) is 5.69 Å². The zero-order chi connectivity index (χ0) is 22.6. The smallest absolute Gasteiger partial charge is 0.303 e. The maximum atomic E-state index is 13.2. The first kappa shape index (κ1) is 23.9. The van der Waals surface area contributed by atoms with Crippen molar-refractivity contribution in [2.75, 3.05) is 11.4 Å². The minimum atomic E-state index is -0.924. The summed E-state index contributed by atoms with van der Waals surface area (Å²) in [6, 6.07) is 15.7. The molecule has 0 unspecified atom stereocenters. The van der Waals surface area contributed by atoms with E-state index in [-0.39, 0.29) is 44.0 Å². The Morgan fingerprint density at radius 1 is 1.00 bits per heavy atom. The van der Waals surface area contributed by atoms with Crippen LogP contribution < -0.4 is 10.2 Å². The van der Waals surface area contributed by atoms with Crippen LogP contribution in [0.2, 0.25) is 0 Å². The summed E-state index contributed by atoms with van der Waals surface area (Å²) < 4.78 is 0. The van der Waals surface area contributed by atoms with E-state index in [1.807, 2.05) is 42.5 Å². The first-order valence-electron chi connectivity index (χ1n) is 10.5. The Bertz CT molecular complexity index is 923. The van der Waals surface area contributed by atoms with E-state index in [0.29, 0.717) is 6.54 Å². The van der Waals surface area contributed by atoms with Crippen molar-refractivity contribution in [3.63, 3.8) is 0 Å². The summed E-state index contributed by atoms with van der Waals surface area (Å²) in [4.78, 5) is 37.3. The average molecular weight is 423 g/mol. The number of aliphatic carboxylic acids is 1. The largest absolute Gasteiger partial charge is 0.481 e. The molecule has 0 atom stereocenters. The number of hydrogen-bond acceptors (Lipinski definition) is 3. The van der Waals surface area contributed by atoms with Crippen LogP contribution in [-0.2, 0) is 27.3 Å². The third-order valence-electron chi connectivity index (χ3n) is 5.03. The quantitative estimate of drug-likeness (QED) is 0.537. The Morgan fingerprint density at radius 3 is 2.35 bits per heavy atom. The van der Waals surface area contributed by atoms with E-state index < -0.39 is 5.97 Å². The Labute approximate surface area is 183 Å². The molecule has 0 saturated heterocycles. The molecule has 0 aliphatic carbocycles. The number of nitrogens with one attached hydrogen (secondary N) is 1.